The van der Waals surface area contributed by atoms with E-state index in [1.54, 1.807) is 79.4 Å². The van der Waals surface area contributed by atoms with E-state index >= 15 is 0 Å². The van der Waals surface area contributed by atoms with Crippen LogP contribution in [0.4, 0.5) is 0 Å². The van der Waals surface area contributed by atoms with E-state index in [2.05, 4.69) is 0 Å². The number of carbonyl (C=O) groups is 4. The second-order valence-corrected chi connectivity index (χ2v) is 15.7. The standard InChI is InChI=1S/C52H39N5O8/c58-37-16-8-13-34(23-37)27-56-32-54-47(46(56)30-64-57-51(61)42-21-6-7-22-43(42)52(57)62)36-15-10-18-39(26-36)65-38-17-9-14-35(24-38)28-55-31-53-44(25-33-11-2-1-3-12-33)45(55)29-63-50-48(59)40-19-4-5-20-41(40)49(50)60/h1-24,26,31-32,50,58H,25,27-30H2. The molecule has 1 N–H and O–H groups in total. The quantitative estimate of drug-likeness (QED) is 0.0783. The number of rotatable bonds is 15. The molecule has 8 aromatic rings. The van der Waals surface area contributed by atoms with E-state index in [0.29, 0.717) is 59.1 Å². The largest absolute Gasteiger partial charge is 0.508 e. The number of aromatic nitrogens is 4. The number of imide groups is 1. The number of ether oxygens (including phenoxy) is 2. The Labute approximate surface area is 372 Å². The number of fused-ring (bicyclic) bond motifs is 2. The number of Topliss-reactive ketones (excluding diaryl/α,β-unsaturated/α-hetero) is 2. The van der Waals surface area contributed by atoms with Crippen molar-refractivity contribution in [3.8, 4) is 28.5 Å². The van der Waals surface area contributed by atoms with Crippen molar-refractivity contribution >= 4 is 23.4 Å². The first-order valence-electron chi connectivity index (χ1n) is 20.9. The lowest BCUT2D eigenvalue weighted by Crippen LogP contribution is -2.30. The highest BCUT2D eigenvalue weighted by atomic mass is 16.7. The van der Waals surface area contributed by atoms with Crippen LogP contribution in [0.1, 0.15) is 75.2 Å². The molecule has 0 fully saturated rings. The Morgan fingerprint density at radius 2 is 1.11 bits per heavy atom. The molecule has 13 nitrogen and oxygen atoms in total. The summed E-state index contributed by atoms with van der Waals surface area (Å²) in [5.74, 6) is -0.552. The average Bonchev–Trinajstić information content (AvgIpc) is 4.03. The first-order valence-corrected chi connectivity index (χ1v) is 20.9. The number of hydrogen-bond donors (Lipinski definition) is 1. The smallest absolute Gasteiger partial charge is 0.285 e. The summed E-state index contributed by atoms with van der Waals surface area (Å²) in [5.41, 5.74) is 7.41. The third kappa shape index (κ3) is 8.24. The van der Waals surface area contributed by atoms with E-state index < -0.39 is 17.9 Å². The van der Waals surface area contributed by atoms with Crippen molar-refractivity contribution in [2.75, 3.05) is 0 Å². The van der Waals surface area contributed by atoms with Crippen LogP contribution in [0.2, 0.25) is 0 Å². The summed E-state index contributed by atoms with van der Waals surface area (Å²) in [6.07, 6.45) is 2.71. The van der Waals surface area contributed by atoms with Gasteiger partial charge in [-0.2, -0.15) is 0 Å². The Bertz CT molecular complexity index is 3070. The maximum Gasteiger partial charge on any atom is 0.285 e. The molecule has 10 rings (SSSR count). The zero-order valence-corrected chi connectivity index (χ0v) is 34.7. The van der Waals surface area contributed by atoms with Gasteiger partial charge in [0.1, 0.15) is 23.9 Å². The molecule has 1 aliphatic heterocycles. The van der Waals surface area contributed by atoms with Crippen LogP contribution < -0.4 is 4.74 Å². The van der Waals surface area contributed by atoms with Crippen LogP contribution in [0.15, 0.2) is 164 Å². The van der Waals surface area contributed by atoms with Crippen molar-refractivity contribution < 1.29 is 38.6 Å². The number of ketones is 2. The Kier molecular flexibility index (Phi) is 11.0. The van der Waals surface area contributed by atoms with Crippen molar-refractivity contribution in [1.82, 2.24) is 24.2 Å². The van der Waals surface area contributed by atoms with Gasteiger partial charge in [-0.3, -0.25) is 24.0 Å². The number of imidazole rings is 2. The summed E-state index contributed by atoms with van der Waals surface area (Å²) in [4.78, 5) is 68.3. The van der Waals surface area contributed by atoms with Crippen molar-refractivity contribution in [2.24, 2.45) is 0 Å². The summed E-state index contributed by atoms with van der Waals surface area (Å²) in [5, 5.41) is 11.0. The molecule has 0 saturated carbocycles. The number of carbonyl (C=O) groups excluding carboxylic acids is 4. The van der Waals surface area contributed by atoms with Gasteiger partial charge in [-0.25, -0.2) is 9.97 Å². The van der Waals surface area contributed by atoms with Crippen LogP contribution in [0.3, 0.4) is 0 Å². The lowest BCUT2D eigenvalue weighted by Gasteiger charge is -2.16. The van der Waals surface area contributed by atoms with Crippen LogP contribution in [0.25, 0.3) is 11.3 Å². The Balaban J connectivity index is 0.891. The highest BCUT2D eigenvalue weighted by Gasteiger charge is 2.40. The van der Waals surface area contributed by atoms with E-state index in [1.165, 1.54) is 0 Å². The highest BCUT2D eigenvalue weighted by molar-refractivity contribution is 6.28. The van der Waals surface area contributed by atoms with Crippen molar-refractivity contribution in [3.05, 3.63) is 220 Å². The number of phenolic OH excluding ortho intramolecular Hbond substituents is 1. The minimum atomic E-state index is -1.22. The van der Waals surface area contributed by atoms with Gasteiger partial charge in [-0.05, 0) is 65.2 Å². The molecule has 0 atom stereocenters. The predicted molar refractivity (Wildman–Crippen MR) is 237 cm³/mol. The highest BCUT2D eigenvalue weighted by Crippen LogP contribution is 2.32. The van der Waals surface area contributed by atoms with Gasteiger partial charge in [-0.15, -0.1) is 5.06 Å². The summed E-state index contributed by atoms with van der Waals surface area (Å²) in [6.45, 7) is 0.560. The van der Waals surface area contributed by atoms with E-state index in [1.807, 2.05) is 94.1 Å². The molecular weight excluding hydrogens is 823 g/mol. The molecule has 13 heteroatoms. The molecule has 2 amide bonds. The van der Waals surface area contributed by atoms with Crippen LogP contribution in [0, 0.1) is 0 Å². The fourth-order valence-electron chi connectivity index (χ4n) is 8.26. The summed E-state index contributed by atoms with van der Waals surface area (Å²) >= 11 is 0. The molecule has 0 radical (unpaired) electrons. The van der Waals surface area contributed by atoms with E-state index in [-0.39, 0.29) is 41.7 Å². The van der Waals surface area contributed by atoms with Crippen LogP contribution >= 0.6 is 0 Å². The molecule has 1 aliphatic carbocycles. The molecule has 0 spiro atoms. The van der Waals surface area contributed by atoms with Crippen LogP contribution in [0.5, 0.6) is 17.2 Å². The molecule has 0 bridgehead atoms. The SMILES string of the molecule is O=C1c2ccccc2C(=O)C1OCc1c(Cc2ccccc2)ncn1Cc1cccc(Oc2cccc(-c3ncn(Cc4cccc(O)c4)c3CON3C(=O)c4ccccc4C3=O)c2)c1. The summed E-state index contributed by atoms with van der Waals surface area (Å²) in [6, 6.07) is 45.3. The molecule has 320 valence electrons. The number of aromatic hydroxyl groups is 1. The monoisotopic (exact) mass is 861 g/mol. The predicted octanol–water partition coefficient (Wildman–Crippen LogP) is 8.62. The van der Waals surface area contributed by atoms with Gasteiger partial charge in [0.15, 0.2) is 17.7 Å². The number of phenols is 1. The second kappa shape index (κ2) is 17.5. The molecule has 2 aliphatic rings. The number of benzene rings is 6. The lowest BCUT2D eigenvalue weighted by atomic mass is 10.1. The lowest BCUT2D eigenvalue weighted by molar-refractivity contribution is -0.102. The fourth-order valence-corrected chi connectivity index (χ4v) is 8.26. The fraction of sp³-hybridized carbons (Fsp3) is 0.115. The minimum absolute atomic E-state index is 0.00378. The van der Waals surface area contributed by atoms with E-state index in [4.69, 9.17) is 24.3 Å². The van der Waals surface area contributed by atoms with Gasteiger partial charge in [0.25, 0.3) is 11.8 Å². The Hall–Kier alpha value is -8.26. The number of hydrogen-bond acceptors (Lipinski definition) is 10. The Morgan fingerprint density at radius 3 is 1.80 bits per heavy atom. The van der Waals surface area contributed by atoms with Crippen molar-refractivity contribution in [3.63, 3.8) is 0 Å². The number of hydroxylamine groups is 2. The summed E-state index contributed by atoms with van der Waals surface area (Å²) < 4.78 is 16.4. The minimum Gasteiger partial charge on any atom is -0.508 e. The average molecular weight is 862 g/mol. The normalized spacial score (nSPS) is 13.4. The zero-order valence-electron chi connectivity index (χ0n) is 34.7. The van der Waals surface area contributed by atoms with E-state index in [0.717, 1.165) is 33.1 Å². The second-order valence-electron chi connectivity index (χ2n) is 15.7. The van der Waals surface area contributed by atoms with Crippen LogP contribution in [-0.2, 0) is 42.3 Å². The molecule has 0 saturated heterocycles. The van der Waals surface area contributed by atoms with Gasteiger partial charge in [0, 0.05) is 36.2 Å². The first kappa shape index (κ1) is 40.8. The van der Waals surface area contributed by atoms with Gasteiger partial charge in [0.2, 0.25) is 0 Å². The van der Waals surface area contributed by atoms with Crippen molar-refractivity contribution in [2.45, 2.75) is 38.8 Å². The molecule has 6 aromatic carbocycles. The topological polar surface area (TPSA) is 155 Å². The van der Waals surface area contributed by atoms with Gasteiger partial charge in [-0.1, -0.05) is 103 Å². The molecule has 65 heavy (non-hydrogen) atoms. The molecule has 0 unspecified atom stereocenters. The van der Waals surface area contributed by atoms with Gasteiger partial charge < -0.3 is 23.7 Å². The molecule has 3 heterocycles. The third-order valence-electron chi connectivity index (χ3n) is 11.5. The number of amides is 2. The Morgan fingerprint density at radius 1 is 0.538 bits per heavy atom. The van der Waals surface area contributed by atoms with Gasteiger partial charge in [0.05, 0.1) is 53.2 Å². The number of nitrogens with zero attached hydrogens (tertiary/aromatic N) is 5. The summed E-state index contributed by atoms with van der Waals surface area (Å²) in [7, 11) is 0. The molecule has 2 aromatic heterocycles. The van der Waals surface area contributed by atoms with Gasteiger partial charge >= 0.3 is 0 Å². The maximum atomic E-state index is 13.2. The zero-order chi connectivity index (χ0) is 44.4. The van der Waals surface area contributed by atoms with E-state index in [9.17, 15) is 24.3 Å². The third-order valence-corrected chi connectivity index (χ3v) is 11.5. The first-order chi connectivity index (χ1) is 31.8. The molecular formula is C52H39N5O8. The van der Waals surface area contributed by atoms with Crippen LogP contribution in [-0.4, -0.2) is 58.8 Å². The van der Waals surface area contributed by atoms with Crippen molar-refractivity contribution in [1.29, 1.82) is 0 Å². The maximum absolute atomic E-state index is 13.2.